The van der Waals surface area contributed by atoms with E-state index >= 15 is 0 Å². The highest BCUT2D eigenvalue weighted by molar-refractivity contribution is 5.93. The van der Waals surface area contributed by atoms with Crippen LogP contribution in [0.3, 0.4) is 0 Å². The topological polar surface area (TPSA) is 77.4 Å². The number of carbonyl (C=O) groups excluding carboxylic acids is 1. The predicted octanol–water partition coefficient (Wildman–Crippen LogP) is 3.80. The summed E-state index contributed by atoms with van der Waals surface area (Å²) in [6, 6.07) is 3.98. The highest BCUT2D eigenvalue weighted by atomic mass is 19.4. The van der Waals surface area contributed by atoms with E-state index in [4.69, 9.17) is 9.47 Å². The van der Waals surface area contributed by atoms with E-state index in [1.807, 2.05) is 6.92 Å². The molecule has 7 nitrogen and oxygen atoms in total. The van der Waals surface area contributed by atoms with E-state index < -0.39 is 24.2 Å². The highest BCUT2D eigenvalue weighted by Crippen LogP contribution is 2.45. The lowest BCUT2D eigenvalue weighted by Crippen LogP contribution is -2.35. The normalized spacial score (nSPS) is 20.1. The third kappa shape index (κ3) is 3.83. The Hall–Kier alpha value is -2.91. The molecule has 0 radical (unpaired) electrons. The molecule has 29 heavy (non-hydrogen) atoms. The number of nitrogens with zero attached hydrogens (tertiary/aromatic N) is 2. The summed E-state index contributed by atoms with van der Waals surface area (Å²) < 4.78 is 52.7. The number of fused-ring (bicyclic) bond motifs is 2. The average molecular weight is 410 g/mol. The van der Waals surface area contributed by atoms with Gasteiger partial charge in [0.15, 0.2) is 23.2 Å². The van der Waals surface area contributed by atoms with Gasteiger partial charge in [-0.3, -0.25) is 4.79 Å². The summed E-state index contributed by atoms with van der Waals surface area (Å²) in [5, 5.41) is 9.69. The number of aromatic nitrogens is 2. The van der Waals surface area contributed by atoms with Crippen LogP contribution in [0.25, 0.3) is 0 Å². The zero-order valence-electron chi connectivity index (χ0n) is 15.8. The Balaban J connectivity index is 1.62. The Bertz CT molecular complexity index is 913. The molecule has 0 saturated heterocycles. The predicted molar refractivity (Wildman–Crippen MR) is 98.1 cm³/mol. The van der Waals surface area contributed by atoms with E-state index in [-0.39, 0.29) is 24.7 Å². The summed E-state index contributed by atoms with van der Waals surface area (Å²) in [7, 11) is 0. The molecule has 2 aromatic rings. The van der Waals surface area contributed by atoms with Crippen molar-refractivity contribution in [3.05, 3.63) is 35.5 Å². The Morgan fingerprint density at radius 1 is 1.31 bits per heavy atom. The first-order chi connectivity index (χ1) is 13.9. The molecule has 0 bridgehead atoms. The van der Waals surface area contributed by atoms with E-state index in [1.165, 1.54) is 6.07 Å². The molecule has 4 rings (SSSR count). The second-order valence-electron chi connectivity index (χ2n) is 7.07. The molecule has 0 spiro atoms. The van der Waals surface area contributed by atoms with Crippen LogP contribution in [0.2, 0.25) is 0 Å². The smallest absolute Gasteiger partial charge is 0.410 e. The molecule has 2 aliphatic rings. The molecule has 1 aromatic carbocycles. The van der Waals surface area contributed by atoms with Gasteiger partial charge in [-0.25, -0.2) is 4.68 Å². The molecule has 3 heterocycles. The van der Waals surface area contributed by atoms with E-state index in [0.29, 0.717) is 23.6 Å². The molecule has 0 unspecified atom stereocenters. The number of hydrogen-bond acceptors (Lipinski definition) is 5. The second kappa shape index (κ2) is 7.49. The van der Waals surface area contributed by atoms with Crippen LogP contribution in [0.15, 0.2) is 24.3 Å². The van der Waals surface area contributed by atoms with E-state index in [0.717, 1.165) is 17.5 Å². The van der Waals surface area contributed by atoms with Gasteiger partial charge in [-0.05, 0) is 24.1 Å². The summed E-state index contributed by atoms with van der Waals surface area (Å²) in [5.74, 6) is 0.737. The number of alkyl halides is 3. The zero-order chi connectivity index (χ0) is 20.6. The number of carbonyl (C=O) groups is 1. The largest absolute Gasteiger partial charge is 0.454 e. The van der Waals surface area contributed by atoms with Gasteiger partial charge in [-0.15, -0.1) is 0 Å². The van der Waals surface area contributed by atoms with Gasteiger partial charge in [-0.1, -0.05) is 19.4 Å². The molecule has 0 fully saturated rings. The molecule has 2 atom stereocenters. The SMILES string of the molecule is CCCCNC(=O)c1cc2n(n1)[C@@H](C(F)(F)F)C[C@@H](c1ccc3c(c1)OCO3)N2. The minimum absolute atomic E-state index is 0.0378. The molecule has 10 heteroatoms. The number of rotatable bonds is 5. The summed E-state index contributed by atoms with van der Waals surface area (Å²) >= 11 is 0. The Morgan fingerprint density at radius 2 is 2.10 bits per heavy atom. The van der Waals surface area contributed by atoms with Crippen LogP contribution in [-0.2, 0) is 0 Å². The summed E-state index contributed by atoms with van der Waals surface area (Å²) in [6.45, 7) is 2.52. The van der Waals surface area contributed by atoms with Gasteiger partial charge < -0.3 is 20.1 Å². The fourth-order valence-corrected chi connectivity index (χ4v) is 3.50. The fourth-order valence-electron chi connectivity index (χ4n) is 3.50. The quantitative estimate of drug-likeness (QED) is 0.734. The number of halogens is 3. The standard InChI is InChI=1S/C19H21F3N4O3/c1-2-3-6-23-18(27)13-9-17-24-12(8-16(19(20,21)22)26(17)25-13)11-4-5-14-15(7-11)29-10-28-14/h4-5,7,9,12,16,24H,2-3,6,8,10H2,1H3,(H,23,27)/t12-,16+/m0/s1. The lowest BCUT2D eigenvalue weighted by Gasteiger charge is -2.33. The van der Waals surface area contributed by atoms with Crippen LogP contribution >= 0.6 is 0 Å². The van der Waals surface area contributed by atoms with Crippen molar-refractivity contribution in [3.63, 3.8) is 0 Å². The van der Waals surface area contributed by atoms with Crippen molar-refractivity contribution in [2.45, 2.75) is 44.4 Å². The van der Waals surface area contributed by atoms with Gasteiger partial charge in [-0.2, -0.15) is 18.3 Å². The van der Waals surface area contributed by atoms with E-state index in [9.17, 15) is 18.0 Å². The number of benzene rings is 1. The first-order valence-corrected chi connectivity index (χ1v) is 9.47. The lowest BCUT2D eigenvalue weighted by atomic mass is 9.96. The van der Waals surface area contributed by atoms with Gasteiger partial charge in [0.1, 0.15) is 5.82 Å². The minimum Gasteiger partial charge on any atom is -0.454 e. The molecule has 0 saturated carbocycles. The zero-order valence-corrected chi connectivity index (χ0v) is 15.8. The molecular weight excluding hydrogens is 389 g/mol. The number of hydrogen-bond donors (Lipinski definition) is 2. The first kappa shape index (κ1) is 19.4. The Kier molecular flexibility index (Phi) is 5.01. The molecule has 2 aliphatic heterocycles. The first-order valence-electron chi connectivity index (χ1n) is 9.47. The molecule has 2 N–H and O–H groups in total. The average Bonchev–Trinajstić information content (AvgIpc) is 3.32. The summed E-state index contributed by atoms with van der Waals surface area (Å²) in [4.78, 5) is 12.2. The highest BCUT2D eigenvalue weighted by Gasteiger charge is 2.47. The van der Waals surface area contributed by atoms with Crippen LogP contribution in [0.5, 0.6) is 11.5 Å². The van der Waals surface area contributed by atoms with Gasteiger partial charge in [0.25, 0.3) is 5.91 Å². The number of unbranched alkanes of at least 4 members (excludes halogenated alkanes) is 1. The molecular formula is C19H21F3N4O3. The van der Waals surface area contributed by atoms with Gasteiger partial charge in [0.05, 0.1) is 6.04 Å². The van der Waals surface area contributed by atoms with Crippen LogP contribution in [0, 0.1) is 0 Å². The fraction of sp³-hybridized carbons (Fsp3) is 0.474. The molecule has 156 valence electrons. The van der Waals surface area contributed by atoms with Crippen molar-refractivity contribution in [2.75, 3.05) is 18.7 Å². The Labute approximate surface area is 165 Å². The van der Waals surface area contributed by atoms with Crippen molar-refractivity contribution in [3.8, 4) is 11.5 Å². The van der Waals surface area contributed by atoms with Crippen molar-refractivity contribution >= 4 is 11.7 Å². The monoisotopic (exact) mass is 410 g/mol. The molecule has 0 aliphatic carbocycles. The van der Waals surface area contributed by atoms with E-state index in [2.05, 4.69) is 15.7 Å². The third-order valence-electron chi connectivity index (χ3n) is 5.04. The van der Waals surface area contributed by atoms with Crippen LogP contribution in [-0.4, -0.2) is 35.2 Å². The van der Waals surface area contributed by atoms with Gasteiger partial charge >= 0.3 is 6.18 Å². The van der Waals surface area contributed by atoms with Crippen molar-refractivity contribution < 1.29 is 27.4 Å². The number of anilines is 1. The van der Waals surface area contributed by atoms with Crippen LogP contribution < -0.4 is 20.1 Å². The maximum atomic E-state index is 13.8. The van der Waals surface area contributed by atoms with Crippen molar-refractivity contribution in [1.29, 1.82) is 0 Å². The van der Waals surface area contributed by atoms with E-state index in [1.54, 1.807) is 18.2 Å². The van der Waals surface area contributed by atoms with Crippen LogP contribution in [0.4, 0.5) is 19.0 Å². The number of ether oxygens (including phenoxy) is 2. The maximum Gasteiger partial charge on any atom is 0.410 e. The van der Waals surface area contributed by atoms with Crippen LogP contribution in [0.1, 0.15) is 54.3 Å². The maximum absolute atomic E-state index is 13.8. The van der Waals surface area contributed by atoms with Gasteiger partial charge in [0, 0.05) is 19.0 Å². The summed E-state index contributed by atoms with van der Waals surface area (Å²) in [6.07, 6.45) is -3.08. The second-order valence-corrected chi connectivity index (χ2v) is 7.07. The molecule has 1 amide bonds. The van der Waals surface area contributed by atoms with Crippen molar-refractivity contribution in [1.82, 2.24) is 15.1 Å². The van der Waals surface area contributed by atoms with Gasteiger partial charge in [0.2, 0.25) is 6.79 Å². The summed E-state index contributed by atoms with van der Waals surface area (Å²) in [5.41, 5.74) is 0.606. The number of nitrogens with one attached hydrogen (secondary N) is 2. The van der Waals surface area contributed by atoms with Crippen molar-refractivity contribution in [2.24, 2.45) is 0 Å². The Morgan fingerprint density at radius 3 is 2.86 bits per heavy atom. The third-order valence-corrected chi connectivity index (χ3v) is 5.04. The number of amides is 1. The molecule has 1 aromatic heterocycles. The lowest BCUT2D eigenvalue weighted by molar-refractivity contribution is -0.173. The minimum atomic E-state index is -4.51.